The van der Waals surface area contributed by atoms with Gasteiger partial charge in [0.2, 0.25) is 6.79 Å². The Balaban J connectivity index is 1.80. The lowest BCUT2D eigenvalue weighted by Gasteiger charge is -2.17. The van der Waals surface area contributed by atoms with Crippen LogP contribution in [0.1, 0.15) is 15.9 Å². The number of hydrogen-bond acceptors (Lipinski definition) is 3. The largest absolute Gasteiger partial charge is 0.454 e. The standard InChI is InChI=1S/C16H14ClNO3/c1-18(9-11-5-3-2-4-6-11)16(19)12-7-13(17)15-14(8-12)20-10-21-15/h2-8H,9-10H2,1H3. The number of carbonyl (C=O) groups excluding carboxylic acids is 1. The van der Waals surface area contributed by atoms with Crippen molar-refractivity contribution in [3.8, 4) is 11.5 Å². The van der Waals surface area contributed by atoms with Crippen LogP contribution in [0.2, 0.25) is 5.02 Å². The van der Waals surface area contributed by atoms with Crippen molar-refractivity contribution in [3.63, 3.8) is 0 Å². The van der Waals surface area contributed by atoms with Crippen LogP contribution >= 0.6 is 11.6 Å². The minimum absolute atomic E-state index is 0.112. The second-order valence-electron chi connectivity index (χ2n) is 4.84. The number of halogens is 1. The average molecular weight is 304 g/mol. The quantitative estimate of drug-likeness (QED) is 0.873. The summed E-state index contributed by atoms with van der Waals surface area (Å²) in [6.45, 7) is 0.665. The summed E-state index contributed by atoms with van der Waals surface area (Å²) >= 11 is 6.11. The number of hydrogen-bond donors (Lipinski definition) is 0. The third-order valence-corrected chi connectivity index (χ3v) is 3.56. The minimum Gasteiger partial charge on any atom is -0.454 e. The van der Waals surface area contributed by atoms with E-state index in [1.54, 1.807) is 24.1 Å². The monoisotopic (exact) mass is 303 g/mol. The first-order valence-corrected chi connectivity index (χ1v) is 6.91. The van der Waals surface area contributed by atoms with E-state index in [9.17, 15) is 4.79 Å². The summed E-state index contributed by atoms with van der Waals surface area (Å²) in [5, 5.41) is 0.390. The van der Waals surface area contributed by atoms with Crippen molar-refractivity contribution in [1.29, 1.82) is 0 Å². The summed E-state index contributed by atoms with van der Waals surface area (Å²) in [7, 11) is 1.76. The van der Waals surface area contributed by atoms with E-state index in [-0.39, 0.29) is 12.7 Å². The molecule has 2 aromatic rings. The topological polar surface area (TPSA) is 38.8 Å². The third kappa shape index (κ3) is 2.81. The maximum absolute atomic E-state index is 12.5. The first-order chi connectivity index (χ1) is 10.1. The number of fused-ring (bicyclic) bond motifs is 1. The predicted octanol–water partition coefficient (Wildman–Crippen LogP) is 3.34. The van der Waals surface area contributed by atoms with Gasteiger partial charge in [0.05, 0.1) is 5.02 Å². The SMILES string of the molecule is CN(Cc1ccccc1)C(=O)c1cc(Cl)c2c(c1)OCO2. The molecule has 0 saturated carbocycles. The fourth-order valence-corrected chi connectivity index (χ4v) is 2.51. The molecule has 0 saturated heterocycles. The van der Waals surface area contributed by atoms with Gasteiger partial charge in [0.1, 0.15) is 0 Å². The molecule has 1 amide bonds. The zero-order valence-corrected chi connectivity index (χ0v) is 12.3. The molecule has 21 heavy (non-hydrogen) atoms. The summed E-state index contributed by atoms with van der Waals surface area (Å²) in [6, 6.07) is 13.1. The lowest BCUT2D eigenvalue weighted by molar-refractivity contribution is 0.0784. The zero-order valence-electron chi connectivity index (χ0n) is 11.5. The molecule has 4 nitrogen and oxygen atoms in total. The Morgan fingerprint density at radius 1 is 1.24 bits per heavy atom. The smallest absolute Gasteiger partial charge is 0.254 e. The van der Waals surface area contributed by atoms with Crippen molar-refractivity contribution in [2.75, 3.05) is 13.8 Å². The Bertz CT molecular complexity index is 673. The molecule has 1 aliphatic rings. The van der Waals surface area contributed by atoms with E-state index in [1.165, 1.54) is 0 Å². The number of carbonyl (C=O) groups is 1. The van der Waals surface area contributed by atoms with Crippen molar-refractivity contribution in [2.24, 2.45) is 0 Å². The summed E-state index contributed by atoms with van der Waals surface area (Å²) in [5.74, 6) is 0.900. The van der Waals surface area contributed by atoms with Crippen LogP contribution in [0.15, 0.2) is 42.5 Å². The van der Waals surface area contributed by atoms with Gasteiger partial charge < -0.3 is 14.4 Å². The van der Waals surface area contributed by atoms with Gasteiger partial charge in [-0.2, -0.15) is 0 Å². The Morgan fingerprint density at radius 2 is 2.00 bits per heavy atom. The minimum atomic E-state index is -0.112. The van der Waals surface area contributed by atoms with Crippen LogP contribution in [0, 0.1) is 0 Å². The average Bonchev–Trinajstić information content (AvgIpc) is 2.96. The van der Waals surface area contributed by atoms with Gasteiger partial charge in [-0.1, -0.05) is 41.9 Å². The maximum atomic E-state index is 12.5. The number of nitrogens with zero attached hydrogens (tertiary/aromatic N) is 1. The molecule has 3 rings (SSSR count). The zero-order chi connectivity index (χ0) is 14.8. The van der Waals surface area contributed by atoms with Crippen LogP contribution in [-0.2, 0) is 6.54 Å². The molecule has 0 aliphatic carbocycles. The predicted molar refractivity (Wildman–Crippen MR) is 79.8 cm³/mol. The van der Waals surface area contributed by atoms with Crippen molar-refractivity contribution in [1.82, 2.24) is 4.90 Å². The van der Waals surface area contributed by atoms with E-state index in [0.717, 1.165) is 5.56 Å². The fourth-order valence-electron chi connectivity index (χ4n) is 2.24. The molecular weight excluding hydrogens is 290 g/mol. The number of benzene rings is 2. The molecule has 0 N–H and O–H groups in total. The van der Waals surface area contributed by atoms with Gasteiger partial charge >= 0.3 is 0 Å². The van der Waals surface area contributed by atoms with Crippen LogP contribution in [0.5, 0.6) is 11.5 Å². The Kier molecular flexibility index (Phi) is 3.71. The summed E-state index contributed by atoms with van der Waals surface area (Å²) in [4.78, 5) is 14.1. The van der Waals surface area contributed by atoms with Crippen molar-refractivity contribution >= 4 is 17.5 Å². The van der Waals surface area contributed by atoms with Crippen molar-refractivity contribution in [3.05, 3.63) is 58.6 Å². The van der Waals surface area contributed by atoms with Gasteiger partial charge in [-0.3, -0.25) is 4.79 Å². The lowest BCUT2D eigenvalue weighted by Crippen LogP contribution is -2.26. The molecule has 0 fully saturated rings. The van der Waals surface area contributed by atoms with E-state index >= 15 is 0 Å². The van der Waals surface area contributed by atoms with Gasteiger partial charge in [-0.05, 0) is 17.7 Å². The van der Waals surface area contributed by atoms with Gasteiger partial charge in [0.15, 0.2) is 11.5 Å². The molecule has 5 heteroatoms. The highest BCUT2D eigenvalue weighted by molar-refractivity contribution is 6.32. The Hall–Kier alpha value is -2.20. The van der Waals surface area contributed by atoms with E-state index < -0.39 is 0 Å². The molecular formula is C16H14ClNO3. The van der Waals surface area contributed by atoms with Crippen LogP contribution in [-0.4, -0.2) is 24.6 Å². The molecule has 0 bridgehead atoms. The molecule has 0 spiro atoms. The molecule has 0 aromatic heterocycles. The van der Waals surface area contributed by atoms with E-state index in [2.05, 4.69) is 0 Å². The third-order valence-electron chi connectivity index (χ3n) is 3.28. The number of rotatable bonds is 3. The molecule has 108 valence electrons. The van der Waals surface area contributed by atoms with Gasteiger partial charge in [-0.25, -0.2) is 0 Å². The van der Waals surface area contributed by atoms with Gasteiger partial charge in [0, 0.05) is 19.2 Å². The highest BCUT2D eigenvalue weighted by Crippen LogP contribution is 2.40. The normalized spacial score (nSPS) is 12.3. The van der Waals surface area contributed by atoms with E-state index in [4.69, 9.17) is 21.1 Å². The van der Waals surface area contributed by atoms with Crippen LogP contribution in [0.4, 0.5) is 0 Å². The Labute approximate surface area is 127 Å². The first-order valence-electron chi connectivity index (χ1n) is 6.53. The van der Waals surface area contributed by atoms with Crippen molar-refractivity contribution < 1.29 is 14.3 Å². The molecule has 0 atom stereocenters. The summed E-state index contributed by atoms with van der Waals surface area (Å²) in [6.07, 6.45) is 0. The van der Waals surface area contributed by atoms with Crippen LogP contribution in [0.25, 0.3) is 0 Å². The highest BCUT2D eigenvalue weighted by Gasteiger charge is 2.22. The van der Waals surface area contributed by atoms with Gasteiger partial charge in [0.25, 0.3) is 5.91 Å². The van der Waals surface area contributed by atoms with Crippen LogP contribution in [0.3, 0.4) is 0 Å². The Morgan fingerprint density at radius 3 is 2.76 bits per heavy atom. The van der Waals surface area contributed by atoms with Gasteiger partial charge in [-0.15, -0.1) is 0 Å². The van der Waals surface area contributed by atoms with E-state index in [0.29, 0.717) is 28.6 Å². The second kappa shape index (κ2) is 5.66. The van der Waals surface area contributed by atoms with E-state index in [1.807, 2.05) is 30.3 Å². The first kappa shape index (κ1) is 13.8. The molecule has 1 heterocycles. The fraction of sp³-hybridized carbons (Fsp3) is 0.188. The summed E-state index contributed by atoms with van der Waals surface area (Å²) < 4.78 is 10.5. The highest BCUT2D eigenvalue weighted by atomic mass is 35.5. The summed E-state index contributed by atoms with van der Waals surface area (Å²) in [5.41, 5.74) is 1.56. The lowest BCUT2D eigenvalue weighted by atomic mass is 10.1. The van der Waals surface area contributed by atoms with Crippen LogP contribution < -0.4 is 9.47 Å². The maximum Gasteiger partial charge on any atom is 0.254 e. The second-order valence-corrected chi connectivity index (χ2v) is 5.25. The molecule has 2 aromatic carbocycles. The molecule has 1 aliphatic heterocycles. The molecule has 0 radical (unpaired) electrons. The number of amides is 1. The number of ether oxygens (including phenoxy) is 2. The molecule has 0 unspecified atom stereocenters. The van der Waals surface area contributed by atoms with Crippen molar-refractivity contribution in [2.45, 2.75) is 6.54 Å².